The number of fused-ring (bicyclic) bond motifs is 1. The lowest BCUT2D eigenvalue weighted by atomic mass is 9.97. The Hall–Kier alpha value is -2.65. The fraction of sp³-hybridized carbons (Fsp3) is 0.190. The lowest BCUT2D eigenvalue weighted by molar-refractivity contribution is 0.0785. The maximum Gasteiger partial charge on any atom is 0.252 e. The molecule has 0 aromatic heterocycles. The number of hydrogen-bond acceptors (Lipinski definition) is 2. The zero-order chi connectivity index (χ0) is 17.2. The maximum absolute atomic E-state index is 12.5. The van der Waals surface area contributed by atoms with Crippen LogP contribution in [0.2, 0.25) is 0 Å². The van der Waals surface area contributed by atoms with E-state index in [-0.39, 0.29) is 5.91 Å². The van der Waals surface area contributed by atoms with E-state index in [9.17, 15) is 9.90 Å². The van der Waals surface area contributed by atoms with E-state index in [0.717, 1.165) is 21.9 Å². The van der Waals surface area contributed by atoms with E-state index in [2.05, 4.69) is 5.32 Å². The summed E-state index contributed by atoms with van der Waals surface area (Å²) in [6.07, 6.45) is 0. The van der Waals surface area contributed by atoms with Gasteiger partial charge in [-0.1, -0.05) is 60.7 Å². The summed E-state index contributed by atoms with van der Waals surface area (Å²) in [6, 6.07) is 21.2. The van der Waals surface area contributed by atoms with E-state index >= 15 is 0 Å². The van der Waals surface area contributed by atoms with E-state index < -0.39 is 5.60 Å². The third kappa shape index (κ3) is 3.47. The minimum atomic E-state index is -0.856. The molecule has 0 saturated carbocycles. The van der Waals surface area contributed by atoms with Crippen molar-refractivity contribution >= 4 is 16.7 Å². The summed E-state index contributed by atoms with van der Waals surface area (Å²) < 4.78 is 0. The molecule has 0 saturated heterocycles. The van der Waals surface area contributed by atoms with E-state index in [1.54, 1.807) is 13.8 Å². The van der Waals surface area contributed by atoms with Crippen molar-refractivity contribution in [2.24, 2.45) is 0 Å². The lowest BCUT2D eigenvalue weighted by Crippen LogP contribution is -2.23. The maximum atomic E-state index is 12.5. The van der Waals surface area contributed by atoms with Crippen LogP contribution in [0.5, 0.6) is 0 Å². The van der Waals surface area contributed by atoms with Crippen LogP contribution in [0.1, 0.15) is 35.3 Å². The van der Waals surface area contributed by atoms with Crippen molar-refractivity contribution in [1.29, 1.82) is 0 Å². The van der Waals surface area contributed by atoms with Gasteiger partial charge in [0, 0.05) is 12.1 Å². The molecule has 0 fully saturated rings. The Kier molecular flexibility index (Phi) is 4.36. The Morgan fingerprint density at radius 1 is 0.958 bits per heavy atom. The summed E-state index contributed by atoms with van der Waals surface area (Å²) >= 11 is 0. The molecular formula is C21H21NO2. The van der Waals surface area contributed by atoms with Crippen LogP contribution in [0.25, 0.3) is 10.8 Å². The fourth-order valence-corrected chi connectivity index (χ4v) is 2.73. The smallest absolute Gasteiger partial charge is 0.252 e. The second-order valence-electron chi connectivity index (χ2n) is 6.47. The first kappa shape index (κ1) is 16.2. The molecule has 0 heterocycles. The normalized spacial score (nSPS) is 11.5. The van der Waals surface area contributed by atoms with Gasteiger partial charge in [-0.3, -0.25) is 4.79 Å². The Bertz CT molecular complexity index is 856. The first-order valence-electron chi connectivity index (χ1n) is 8.03. The number of carbonyl (C=O) groups is 1. The SMILES string of the molecule is CC(C)(O)c1ccc(CNC(=O)c2cccc3ccccc23)cc1. The summed E-state index contributed by atoms with van der Waals surface area (Å²) in [7, 11) is 0. The first-order chi connectivity index (χ1) is 11.4. The molecule has 3 rings (SSSR count). The molecule has 0 radical (unpaired) electrons. The number of aliphatic hydroxyl groups is 1. The van der Waals surface area contributed by atoms with Crippen molar-refractivity contribution in [3.8, 4) is 0 Å². The summed E-state index contributed by atoms with van der Waals surface area (Å²) in [5.41, 5.74) is 1.68. The highest BCUT2D eigenvalue weighted by atomic mass is 16.3. The minimum absolute atomic E-state index is 0.0848. The summed E-state index contributed by atoms with van der Waals surface area (Å²) in [5, 5.41) is 15.0. The van der Waals surface area contributed by atoms with Crippen LogP contribution in [0.15, 0.2) is 66.7 Å². The van der Waals surface area contributed by atoms with Gasteiger partial charge < -0.3 is 10.4 Å². The van der Waals surface area contributed by atoms with Crippen LogP contribution >= 0.6 is 0 Å². The largest absolute Gasteiger partial charge is 0.386 e. The fourth-order valence-electron chi connectivity index (χ4n) is 2.73. The molecule has 3 aromatic rings. The van der Waals surface area contributed by atoms with Gasteiger partial charge in [-0.15, -0.1) is 0 Å². The molecule has 3 nitrogen and oxygen atoms in total. The van der Waals surface area contributed by atoms with Gasteiger partial charge in [0.15, 0.2) is 0 Å². The molecule has 0 aliphatic carbocycles. The average molecular weight is 319 g/mol. The molecule has 1 amide bonds. The standard InChI is InChI=1S/C21H21NO2/c1-21(2,24)17-12-10-15(11-13-17)14-22-20(23)19-9-5-7-16-6-3-4-8-18(16)19/h3-13,24H,14H2,1-2H3,(H,22,23). The van der Waals surface area contributed by atoms with Crippen LogP contribution in [-0.4, -0.2) is 11.0 Å². The third-order valence-electron chi connectivity index (χ3n) is 4.15. The summed E-state index contributed by atoms with van der Waals surface area (Å²) in [6.45, 7) is 3.96. The van der Waals surface area contributed by atoms with Crippen LogP contribution in [-0.2, 0) is 12.1 Å². The van der Waals surface area contributed by atoms with Gasteiger partial charge in [-0.25, -0.2) is 0 Å². The second kappa shape index (κ2) is 6.46. The molecule has 0 aliphatic rings. The molecule has 0 atom stereocenters. The monoisotopic (exact) mass is 319 g/mol. The summed E-state index contributed by atoms with van der Waals surface area (Å²) in [5.74, 6) is -0.0848. The molecule has 24 heavy (non-hydrogen) atoms. The zero-order valence-corrected chi connectivity index (χ0v) is 13.9. The predicted octanol–water partition coefficient (Wildman–Crippen LogP) is 4.00. The lowest BCUT2D eigenvalue weighted by Gasteiger charge is -2.18. The van der Waals surface area contributed by atoms with Crippen molar-refractivity contribution in [2.45, 2.75) is 26.0 Å². The van der Waals surface area contributed by atoms with Gasteiger partial charge in [0.25, 0.3) is 5.91 Å². The summed E-state index contributed by atoms with van der Waals surface area (Å²) in [4.78, 5) is 12.5. The third-order valence-corrected chi connectivity index (χ3v) is 4.15. The van der Waals surface area contributed by atoms with Crippen LogP contribution < -0.4 is 5.32 Å². The number of rotatable bonds is 4. The van der Waals surface area contributed by atoms with Gasteiger partial charge in [0.2, 0.25) is 0 Å². The Morgan fingerprint density at radius 3 is 2.33 bits per heavy atom. The zero-order valence-electron chi connectivity index (χ0n) is 13.9. The molecule has 2 N–H and O–H groups in total. The van der Waals surface area contributed by atoms with Gasteiger partial charge in [0.05, 0.1) is 5.60 Å². The van der Waals surface area contributed by atoms with Crippen molar-refractivity contribution in [2.75, 3.05) is 0 Å². The molecule has 3 aromatic carbocycles. The number of benzene rings is 3. The quantitative estimate of drug-likeness (QED) is 0.764. The van der Waals surface area contributed by atoms with E-state index in [1.165, 1.54) is 0 Å². The number of nitrogens with one attached hydrogen (secondary N) is 1. The molecule has 122 valence electrons. The van der Waals surface area contributed by atoms with Crippen molar-refractivity contribution in [1.82, 2.24) is 5.32 Å². The molecule has 0 spiro atoms. The van der Waals surface area contributed by atoms with Crippen LogP contribution in [0.4, 0.5) is 0 Å². The van der Waals surface area contributed by atoms with Gasteiger partial charge >= 0.3 is 0 Å². The topological polar surface area (TPSA) is 49.3 Å². The predicted molar refractivity (Wildman–Crippen MR) is 96.8 cm³/mol. The molecule has 0 unspecified atom stereocenters. The van der Waals surface area contributed by atoms with Crippen molar-refractivity contribution < 1.29 is 9.90 Å². The molecule has 3 heteroatoms. The highest BCUT2D eigenvalue weighted by molar-refractivity contribution is 6.06. The van der Waals surface area contributed by atoms with E-state index in [4.69, 9.17) is 0 Å². The molecule has 0 bridgehead atoms. The van der Waals surface area contributed by atoms with Crippen molar-refractivity contribution in [3.63, 3.8) is 0 Å². The second-order valence-corrected chi connectivity index (χ2v) is 6.47. The average Bonchev–Trinajstić information content (AvgIpc) is 2.59. The van der Waals surface area contributed by atoms with Crippen molar-refractivity contribution in [3.05, 3.63) is 83.4 Å². The highest BCUT2D eigenvalue weighted by Gasteiger charge is 2.15. The van der Waals surface area contributed by atoms with Crippen LogP contribution in [0, 0.1) is 0 Å². The Morgan fingerprint density at radius 2 is 1.62 bits per heavy atom. The van der Waals surface area contributed by atoms with Gasteiger partial charge in [-0.05, 0) is 41.8 Å². The van der Waals surface area contributed by atoms with Gasteiger partial charge in [0.1, 0.15) is 0 Å². The number of amides is 1. The first-order valence-corrected chi connectivity index (χ1v) is 8.03. The number of carbonyl (C=O) groups excluding carboxylic acids is 1. The molecule has 0 aliphatic heterocycles. The molecular weight excluding hydrogens is 298 g/mol. The Balaban J connectivity index is 1.73. The number of hydrogen-bond donors (Lipinski definition) is 2. The van der Waals surface area contributed by atoms with Crippen LogP contribution in [0.3, 0.4) is 0 Å². The van der Waals surface area contributed by atoms with Gasteiger partial charge in [-0.2, -0.15) is 0 Å². The van der Waals surface area contributed by atoms with E-state index in [0.29, 0.717) is 12.1 Å². The highest BCUT2D eigenvalue weighted by Crippen LogP contribution is 2.20. The van der Waals surface area contributed by atoms with E-state index in [1.807, 2.05) is 66.7 Å². The Labute approximate surface area is 142 Å². The minimum Gasteiger partial charge on any atom is -0.386 e.